The van der Waals surface area contributed by atoms with E-state index in [4.69, 9.17) is 5.11 Å². The topological polar surface area (TPSA) is 23.5 Å². The Kier molecular flexibility index (Phi) is 3.60. The van der Waals surface area contributed by atoms with E-state index in [1.807, 2.05) is 6.08 Å². The summed E-state index contributed by atoms with van der Waals surface area (Å²) in [6.45, 7) is 5.86. The summed E-state index contributed by atoms with van der Waals surface area (Å²) in [5.74, 6) is 0. The molecule has 0 atom stereocenters. The highest BCUT2D eigenvalue weighted by molar-refractivity contribution is 4.85. The Morgan fingerprint density at radius 3 is 2.64 bits per heavy atom. The summed E-state index contributed by atoms with van der Waals surface area (Å²) in [7, 11) is 0. The predicted octanol–water partition coefficient (Wildman–Crippen LogP) is 1.02. The van der Waals surface area contributed by atoms with Gasteiger partial charge in [0.15, 0.2) is 0 Å². The standard InChI is InChI=1S/C9H17NO/c1-2-3-6-10(7-8-11)9-4-5-9/h2,9,11H,1,3-8H2. The van der Waals surface area contributed by atoms with Gasteiger partial charge in [-0.15, -0.1) is 6.58 Å². The van der Waals surface area contributed by atoms with Gasteiger partial charge in [0, 0.05) is 19.1 Å². The second-order valence-corrected chi connectivity index (χ2v) is 3.07. The lowest BCUT2D eigenvalue weighted by Gasteiger charge is -2.19. The first-order chi connectivity index (χ1) is 5.38. The van der Waals surface area contributed by atoms with E-state index in [1.54, 1.807) is 0 Å². The van der Waals surface area contributed by atoms with Crippen molar-refractivity contribution in [3.05, 3.63) is 12.7 Å². The van der Waals surface area contributed by atoms with Gasteiger partial charge in [-0.1, -0.05) is 6.08 Å². The Balaban J connectivity index is 2.14. The first-order valence-corrected chi connectivity index (χ1v) is 4.34. The highest BCUT2D eigenvalue weighted by atomic mass is 16.3. The molecule has 2 nitrogen and oxygen atoms in total. The number of hydrogen-bond acceptors (Lipinski definition) is 2. The van der Waals surface area contributed by atoms with Gasteiger partial charge in [-0.3, -0.25) is 4.90 Å². The van der Waals surface area contributed by atoms with Gasteiger partial charge >= 0.3 is 0 Å². The van der Waals surface area contributed by atoms with Crippen LogP contribution >= 0.6 is 0 Å². The van der Waals surface area contributed by atoms with E-state index >= 15 is 0 Å². The third kappa shape index (κ3) is 3.04. The maximum Gasteiger partial charge on any atom is 0.0558 e. The van der Waals surface area contributed by atoms with Crippen LogP contribution in [0.1, 0.15) is 19.3 Å². The molecule has 0 bridgehead atoms. The largest absolute Gasteiger partial charge is 0.395 e. The lowest BCUT2D eigenvalue weighted by Crippen LogP contribution is -2.29. The smallest absolute Gasteiger partial charge is 0.0558 e. The molecule has 11 heavy (non-hydrogen) atoms. The number of aliphatic hydroxyl groups excluding tert-OH is 1. The molecular weight excluding hydrogens is 138 g/mol. The van der Waals surface area contributed by atoms with Crippen molar-refractivity contribution in [1.29, 1.82) is 0 Å². The Hall–Kier alpha value is -0.340. The van der Waals surface area contributed by atoms with E-state index in [-0.39, 0.29) is 6.61 Å². The van der Waals surface area contributed by atoms with E-state index in [2.05, 4.69) is 11.5 Å². The lowest BCUT2D eigenvalue weighted by molar-refractivity contribution is 0.191. The van der Waals surface area contributed by atoms with Gasteiger partial charge in [-0.25, -0.2) is 0 Å². The first kappa shape index (κ1) is 8.75. The number of hydrogen-bond donors (Lipinski definition) is 1. The van der Waals surface area contributed by atoms with Crippen molar-refractivity contribution < 1.29 is 5.11 Å². The molecule has 0 amide bonds. The second kappa shape index (κ2) is 4.52. The first-order valence-electron chi connectivity index (χ1n) is 4.34. The Bertz CT molecular complexity index is 121. The molecule has 0 aromatic heterocycles. The SMILES string of the molecule is C=CCCN(CCO)C1CC1. The fourth-order valence-corrected chi connectivity index (χ4v) is 1.30. The normalized spacial score (nSPS) is 17.3. The molecule has 0 unspecified atom stereocenters. The summed E-state index contributed by atoms with van der Waals surface area (Å²) in [6, 6.07) is 0.766. The van der Waals surface area contributed by atoms with E-state index in [0.29, 0.717) is 0 Å². The van der Waals surface area contributed by atoms with Crippen LogP contribution < -0.4 is 0 Å². The monoisotopic (exact) mass is 155 g/mol. The number of rotatable bonds is 6. The van der Waals surface area contributed by atoms with Crippen LogP contribution in [-0.2, 0) is 0 Å². The van der Waals surface area contributed by atoms with E-state index in [9.17, 15) is 0 Å². The Morgan fingerprint density at radius 1 is 1.45 bits per heavy atom. The van der Waals surface area contributed by atoms with Crippen LogP contribution in [0, 0.1) is 0 Å². The fraction of sp³-hybridized carbons (Fsp3) is 0.778. The third-order valence-electron chi connectivity index (χ3n) is 2.07. The van der Waals surface area contributed by atoms with E-state index < -0.39 is 0 Å². The van der Waals surface area contributed by atoms with Crippen LogP contribution in [0.2, 0.25) is 0 Å². The average Bonchev–Trinajstić information content (AvgIpc) is 2.80. The molecule has 1 fully saturated rings. The van der Waals surface area contributed by atoms with Crippen molar-refractivity contribution in [2.75, 3.05) is 19.7 Å². The van der Waals surface area contributed by atoms with Crippen molar-refractivity contribution in [3.63, 3.8) is 0 Å². The average molecular weight is 155 g/mol. The van der Waals surface area contributed by atoms with Gasteiger partial charge in [0.2, 0.25) is 0 Å². The summed E-state index contributed by atoms with van der Waals surface area (Å²) in [4.78, 5) is 2.35. The number of aliphatic hydroxyl groups is 1. The number of nitrogens with zero attached hydrogens (tertiary/aromatic N) is 1. The molecule has 0 aromatic rings. The minimum atomic E-state index is 0.285. The molecule has 2 heteroatoms. The summed E-state index contributed by atoms with van der Waals surface area (Å²) in [6.07, 6.45) is 5.61. The van der Waals surface area contributed by atoms with Gasteiger partial charge in [-0.2, -0.15) is 0 Å². The van der Waals surface area contributed by atoms with Crippen molar-refractivity contribution in [2.24, 2.45) is 0 Å². The summed E-state index contributed by atoms with van der Waals surface area (Å²) in [5, 5.41) is 8.75. The van der Waals surface area contributed by atoms with Crippen molar-refractivity contribution in [2.45, 2.75) is 25.3 Å². The molecule has 0 radical (unpaired) electrons. The van der Waals surface area contributed by atoms with Crippen molar-refractivity contribution in [3.8, 4) is 0 Å². The molecule has 1 aliphatic rings. The van der Waals surface area contributed by atoms with Crippen LogP contribution in [0.3, 0.4) is 0 Å². The molecule has 0 aromatic carbocycles. The van der Waals surface area contributed by atoms with Gasteiger partial charge in [0.1, 0.15) is 0 Å². The van der Waals surface area contributed by atoms with Crippen LogP contribution in [0.15, 0.2) is 12.7 Å². The molecule has 0 saturated heterocycles. The summed E-state index contributed by atoms with van der Waals surface area (Å²) in [5.41, 5.74) is 0. The van der Waals surface area contributed by atoms with Gasteiger partial charge in [0.25, 0.3) is 0 Å². The molecule has 0 spiro atoms. The molecule has 64 valence electrons. The van der Waals surface area contributed by atoms with Crippen molar-refractivity contribution in [1.82, 2.24) is 4.90 Å². The highest BCUT2D eigenvalue weighted by Crippen LogP contribution is 2.26. The molecule has 1 saturated carbocycles. The predicted molar refractivity (Wildman–Crippen MR) is 46.5 cm³/mol. The van der Waals surface area contributed by atoms with Crippen molar-refractivity contribution >= 4 is 0 Å². The van der Waals surface area contributed by atoms with Gasteiger partial charge in [0.05, 0.1) is 6.61 Å². The molecule has 0 heterocycles. The second-order valence-electron chi connectivity index (χ2n) is 3.07. The third-order valence-corrected chi connectivity index (χ3v) is 2.07. The Morgan fingerprint density at radius 2 is 2.18 bits per heavy atom. The summed E-state index contributed by atoms with van der Waals surface area (Å²) >= 11 is 0. The zero-order valence-corrected chi connectivity index (χ0v) is 7.00. The maximum absolute atomic E-state index is 8.75. The maximum atomic E-state index is 8.75. The zero-order chi connectivity index (χ0) is 8.10. The minimum Gasteiger partial charge on any atom is -0.395 e. The quantitative estimate of drug-likeness (QED) is 0.579. The zero-order valence-electron chi connectivity index (χ0n) is 7.00. The highest BCUT2D eigenvalue weighted by Gasteiger charge is 2.27. The van der Waals surface area contributed by atoms with Crippen LogP contribution in [0.4, 0.5) is 0 Å². The molecule has 1 N–H and O–H groups in total. The summed E-state index contributed by atoms with van der Waals surface area (Å²) < 4.78 is 0. The Labute approximate surface area is 68.5 Å². The van der Waals surface area contributed by atoms with Crippen LogP contribution in [-0.4, -0.2) is 35.7 Å². The lowest BCUT2D eigenvalue weighted by atomic mass is 10.3. The molecule has 1 rings (SSSR count). The van der Waals surface area contributed by atoms with Gasteiger partial charge < -0.3 is 5.11 Å². The van der Waals surface area contributed by atoms with Crippen LogP contribution in [0.5, 0.6) is 0 Å². The minimum absolute atomic E-state index is 0.285. The van der Waals surface area contributed by atoms with Crippen LogP contribution in [0.25, 0.3) is 0 Å². The van der Waals surface area contributed by atoms with E-state index in [0.717, 1.165) is 25.6 Å². The fourth-order valence-electron chi connectivity index (χ4n) is 1.30. The molecular formula is C9H17NO. The van der Waals surface area contributed by atoms with E-state index in [1.165, 1.54) is 12.8 Å². The van der Waals surface area contributed by atoms with Gasteiger partial charge in [-0.05, 0) is 19.3 Å². The molecule has 0 aliphatic heterocycles. The molecule has 1 aliphatic carbocycles.